The van der Waals surface area contributed by atoms with E-state index in [0.717, 1.165) is 29.9 Å². The molecule has 1 saturated carbocycles. The van der Waals surface area contributed by atoms with E-state index in [1.54, 1.807) is 0 Å². The Kier molecular flexibility index (Phi) is 6.58. The Bertz CT molecular complexity index is 623. The van der Waals surface area contributed by atoms with Crippen LogP contribution in [0.15, 0.2) is 12.1 Å². The predicted octanol–water partition coefficient (Wildman–Crippen LogP) is 2.66. The first kappa shape index (κ1) is 19.9. The molecule has 1 aromatic rings. The third kappa shape index (κ3) is 4.39. The van der Waals surface area contributed by atoms with Gasteiger partial charge in [0.15, 0.2) is 0 Å². The van der Waals surface area contributed by atoms with Gasteiger partial charge in [0.25, 0.3) is 0 Å². The van der Waals surface area contributed by atoms with E-state index in [4.69, 9.17) is 9.47 Å². The predicted molar refractivity (Wildman–Crippen MR) is 101 cm³/mol. The molecule has 1 fully saturated rings. The minimum atomic E-state index is 0. The smallest absolute Gasteiger partial charge is 0.223 e. The molecule has 5 nitrogen and oxygen atoms in total. The molecule has 140 valence electrons. The zero-order valence-corrected chi connectivity index (χ0v) is 16.2. The maximum atomic E-state index is 12.4. The standard InChI is InChI=1S/C19H28N2O3.ClH/c1-5-23-18-7-13-6-12(3)24-17(13)9-15(18)14-8-16(14)19(22)21-10-11(2)20-4;/h7,9,11-12,14,16,20H,5-6,8,10H2,1-4H3,(H,21,22);1H. The van der Waals surface area contributed by atoms with Gasteiger partial charge in [-0.3, -0.25) is 4.79 Å². The number of halogens is 1. The fraction of sp³-hybridized carbons (Fsp3) is 0.632. The molecule has 4 unspecified atom stereocenters. The van der Waals surface area contributed by atoms with Gasteiger partial charge in [-0.1, -0.05) is 0 Å². The first-order valence-corrected chi connectivity index (χ1v) is 8.94. The molecule has 2 aliphatic rings. The van der Waals surface area contributed by atoms with E-state index in [9.17, 15) is 4.79 Å². The average molecular weight is 369 g/mol. The highest BCUT2D eigenvalue weighted by Gasteiger charge is 2.46. The van der Waals surface area contributed by atoms with Gasteiger partial charge in [0.1, 0.15) is 17.6 Å². The Balaban J connectivity index is 0.00000225. The normalized spacial score (nSPS) is 24.6. The molecule has 0 bridgehead atoms. The van der Waals surface area contributed by atoms with Gasteiger partial charge in [0, 0.05) is 42.0 Å². The summed E-state index contributed by atoms with van der Waals surface area (Å²) in [7, 11) is 1.90. The molecule has 0 radical (unpaired) electrons. The van der Waals surface area contributed by atoms with Gasteiger partial charge in [-0.25, -0.2) is 0 Å². The van der Waals surface area contributed by atoms with Crippen LogP contribution < -0.4 is 20.1 Å². The van der Waals surface area contributed by atoms with Crippen molar-refractivity contribution in [3.05, 3.63) is 23.3 Å². The highest BCUT2D eigenvalue weighted by molar-refractivity contribution is 5.85. The summed E-state index contributed by atoms with van der Waals surface area (Å²) in [6.07, 6.45) is 2.02. The van der Waals surface area contributed by atoms with E-state index in [2.05, 4.69) is 36.6 Å². The maximum absolute atomic E-state index is 12.4. The molecule has 1 amide bonds. The Labute approximate surface area is 156 Å². The highest BCUT2D eigenvalue weighted by atomic mass is 35.5. The fourth-order valence-corrected chi connectivity index (χ4v) is 3.34. The average Bonchev–Trinajstić information content (AvgIpc) is 3.27. The Hall–Kier alpha value is -1.46. The van der Waals surface area contributed by atoms with Crippen molar-refractivity contribution in [3.8, 4) is 11.5 Å². The van der Waals surface area contributed by atoms with Crippen molar-refractivity contribution in [2.24, 2.45) is 5.92 Å². The molecule has 0 aromatic heterocycles. The molecule has 0 saturated heterocycles. The number of fused-ring (bicyclic) bond motifs is 1. The molecule has 1 heterocycles. The number of carbonyl (C=O) groups excluding carboxylic acids is 1. The van der Waals surface area contributed by atoms with Crippen LogP contribution >= 0.6 is 12.4 Å². The van der Waals surface area contributed by atoms with Crippen LogP contribution in [0, 0.1) is 5.92 Å². The van der Waals surface area contributed by atoms with Gasteiger partial charge in [0.05, 0.1) is 6.61 Å². The highest BCUT2D eigenvalue weighted by Crippen LogP contribution is 2.52. The molecular weight excluding hydrogens is 340 g/mol. The second kappa shape index (κ2) is 8.28. The van der Waals surface area contributed by atoms with Gasteiger partial charge in [-0.2, -0.15) is 0 Å². The maximum Gasteiger partial charge on any atom is 0.223 e. The number of rotatable bonds is 7. The lowest BCUT2D eigenvalue weighted by molar-refractivity contribution is -0.122. The zero-order valence-electron chi connectivity index (χ0n) is 15.4. The van der Waals surface area contributed by atoms with E-state index in [0.29, 0.717) is 13.2 Å². The summed E-state index contributed by atoms with van der Waals surface area (Å²) in [5.74, 6) is 2.29. The summed E-state index contributed by atoms with van der Waals surface area (Å²) in [6, 6.07) is 4.48. The molecule has 1 aromatic carbocycles. The summed E-state index contributed by atoms with van der Waals surface area (Å²) in [4.78, 5) is 12.4. The molecular formula is C19H29ClN2O3. The van der Waals surface area contributed by atoms with E-state index in [1.807, 2.05) is 14.0 Å². The molecule has 1 aliphatic carbocycles. The van der Waals surface area contributed by atoms with Crippen molar-refractivity contribution >= 4 is 18.3 Å². The van der Waals surface area contributed by atoms with Crippen molar-refractivity contribution in [1.82, 2.24) is 10.6 Å². The van der Waals surface area contributed by atoms with Crippen molar-refractivity contribution < 1.29 is 14.3 Å². The van der Waals surface area contributed by atoms with Crippen LogP contribution in [0.2, 0.25) is 0 Å². The Morgan fingerprint density at radius 2 is 2.20 bits per heavy atom. The summed E-state index contributed by atoms with van der Waals surface area (Å²) in [6.45, 7) is 7.41. The van der Waals surface area contributed by atoms with Gasteiger partial charge in [0.2, 0.25) is 5.91 Å². The number of ether oxygens (including phenoxy) is 2. The number of likely N-dealkylation sites (N-methyl/N-ethyl adjacent to an activating group) is 1. The number of hydrogen-bond donors (Lipinski definition) is 2. The number of carbonyl (C=O) groups is 1. The third-order valence-electron chi connectivity index (χ3n) is 4.93. The SMILES string of the molecule is CCOc1cc2c(cc1C1CC1C(=O)NCC(C)NC)OC(C)C2.Cl. The summed E-state index contributed by atoms with van der Waals surface area (Å²) < 4.78 is 11.7. The van der Waals surface area contributed by atoms with E-state index >= 15 is 0 Å². The molecule has 25 heavy (non-hydrogen) atoms. The number of nitrogens with one attached hydrogen (secondary N) is 2. The van der Waals surface area contributed by atoms with E-state index < -0.39 is 0 Å². The van der Waals surface area contributed by atoms with Crippen molar-refractivity contribution in [2.75, 3.05) is 20.2 Å². The lowest BCUT2D eigenvalue weighted by Gasteiger charge is -2.13. The number of benzene rings is 1. The van der Waals surface area contributed by atoms with Crippen LogP contribution in [-0.4, -0.2) is 38.3 Å². The molecule has 6 heteroatoms. The van der Waals surface area contributed by atoms with E-state index in [1.165, 1.54) is 5.56 Å². The Morgan fingerprint density at radius 3 is 2.88 bits per heavy atom. The van der Waals surface area contributed by atoms with Crippen LogP contribution in [0.25, 0.3) is 0 Å². The second-order valence-electron chi connectivity index (χ2n) is 6.95. The van der Waals surface area contributed by atoms with Gasteiger partial charge in [-0.15, -0.1) is 12.4 Å². The summed E-state index contributed by atoms with van der Waals surface area (Å²) in [5, 5.41) is 6.16. The quantitative estimate of drug-likeness (QED) is 0.776. The van der Waals surface area contributed by atoms with Crippen LogP contribution in [0.5, 0.6) is 11.5 Å². The van der Waals surface area contributed by atoms with Crippen molar-refractivity contribution in [2.45, 2.75) is 51.7 Å². The molecule has 2 N–H and O–H groups in total. The third-order valence-corrected chi connectivity index (χ3v) is 4.93. The largest absolute Gasteiger partial charge is 0.494 e. The summed E-state index contributed by atoms with van der Waals surface area (Å²) in [5.41, 5.74) is 2.32. The van der Waals surface area contributed by atoms with E-state index in [-0.39, 0.29) is 42.3 Å². The molecule has 0 spiro atoms. The summed E-state index contributed by atoms with van der Waals surface area (Å²) >= 11 is 0. The van der Waals surface area contributed by atoms with Crippen molar-refractivity contribution in [1.29, 1.82) is 0 Å². The number of hydrogen-bond acceptors (Lipinski definition) is 4. The lowest BCUT2D eigenvalue weighted by Crippen LogP contribution is -2.38. The minimum Gasteiger partial charge on any atom is -0.494 e. The molecule has 3 rings (SSSR count). The second-order valence-corrected chi connectivity index (χ2v) is 6.95. The molecule has 1 aliphatic heterocycles. The minimum absolute atomic E-state index is 0. The van der Waals surface area contributed by atoms with Crippen LogP contribution in [0.3, 0.4) is 0 Å². The first-order valence-electron chi connectivity index (χ1n) is 8.94. The van der Waals surface area contributed by atoms with Crippen LogP contribution in [0.4, 0.5) is 0 Å². The topological polar surface area (TPSA) is 59.6 Å². The van der Waals surface area contributed by atoms with Gasteiger partial charge < -0.3 is 20.1 Å². The van der Waals surface area contributed by atoms with Crippen molar-refractivity contribution in [3.63, 3.8) is 0 Å². The number of amides is 1. The van der Waals surface area contributed by atoms with Crippen LogP contribution in [0.1, 0.15) is 44.2 Å². The Morgan fingerprint density at radius 1 is 1.44 bits per heavy atom. The fourth-order valence-electron chi connectivity index (χ4n) is 3.34. The first-order chi connectivity index (χ1) is 11.5. The lowest BCUT2D eigenvalue weighted by atomic mass is 10.0. The van der Waals surface area contributed by atoms with Gasteiger partial charge in [-0.05, 0) is 46.4 Å². The monoisotopic (exact) mass is 368 g/mol. The van der Waals surface area contributed by atoms with Gasteiger partial charge >= 0.3 is 0 Å². The van der Waals surface area contributed by atoms with Crippen LogP contribution in [-0.2, 0) is 11.2 Å². The zero-order chi connectivity index (χ0) is 17.3. The molecule has 4 atom stereocenters.